The van der Waals surface area contributed by atoms with Crippen LogP contribution in [0.15, 0.2) is 134 Å². The van der Waals surface area contributed by atoms with E-state index in [1.54, 1.807) is 6.20 Å². The smallest absolute Gasteiger partial charge is 0.0644 e. The summed E-state index contributed by atoms with van der Waals surface area (Å²) in [5.41, 5.74) is 11.9. The minimum absolute atomic E-state index is 0.946. The maximum atomic E-state index is 4.39. The average Bonchev–Trinajstić information content (AvgIpc) is 3.46. The molecule has 2 aromatic heterocycles. The SMILES string of the molecule is Cc1ccc(C2=CC=C(c3ccc(N(c4cccnc4)c4cccc(-c5cccnc5)c4)cc3)C2)cc1. The largest absolute Gasteiger partial charge is 0.309 e. The van der Waals surface area contributed by atoms with E-state index in [1.165, 1.54) is 27.8 Å². The van der Waals surface area contributed by atoms with Gasteiger partial charge in [-0.15, -0.1) is 0 Å². The zero-order chi connectivity index (χ0) is 25.0. The summed E-state index contributed by atoms with van der Waals surface area (Å²) in [5, 5.41) is 0. The molecule has 6 rings (SSSR count). The molecule has 3 heteroatoms. The van der Waals surface area contributed by atoms with Gasteiger partial charge in [0.05, 0.1) is 11.9 Å². The molecular formula is C34H27N3. The Morgan fingerprint density at radius 3 is 1.81 bits per heavy atom. The molecule has 0 atom stereocenters. The van der Waals surface area contributed by atoms with Gasteiger partial charge in [-0.05, 0) is 83.6 Å². The number of rotatable bonds is 6. The molecular weight excluding hydrogens is 450 g/mol. The van der Waals surface area contributed by atoms with Crippen LogP contribution in [0.2, 0.25) is 0 Å². The Kier molecular flexibility index (Phi) is 6.18. The molecule has 0 saturated heterocycles. The molecule has 2 heterocycles. The van der Waals surface area contributed by atoms with Crippen molar-refractivity contribution in [1.82, 2.24) is 9.97 Å². The Morgan fingerprint density at radius 2 is 1.16 bits per heavy atom. The summed E-state index contributed by atoms with van der Waals surface area (Å²) in [6, 6.07) is 34.3. The monoisotopic (exact) mass is 477 g/mol. The van der Waals surface area contributed by atoms with Gasteiger partial charge in [-0.25, -0.2) is 0 Å². The van der Waals surface area contributed by atoms with E-state index >= 15 is 0 Å². The van der Waals surface area contributed by atoms with Gasteiger partial charge < -0.3 is 4.90 Å². The van der Waals surface area contributed by atoms with Crippen molar-refractivity contribution in [3.8, 4) is 11.1 Å². The summed E-state index contributed by atoms with van der Waals surface area (Å²) in [6.07, 6.45) is 12.9. The van der Waals surface area contributed by atoms with Crippen LogP contribution in [0.3, 0.4) is 0 Å². The molecule has 0 radical (unpaired) electrons. The van der Waals surface area contributed by atoms with Gasteiger partial charge in [0.25, 0.3) is 0 Å². The molecule has 3 aromatic carbocycles. The van der Waals surface area contributed by atoms with E-state index in [0.29, 0.717) is 0 Å². The lowest BCUT2D eigenvalue weighted by Crippen LogP contribution is -2.10. The summed E-state index contributed by atoms with van der Waals surface area (Å²) in [5.74, 6) is 0. The Labute approximate surface area is 218 Å². The van der Waals surface area contributed by atoms with Gasteiger partial charge in [-0.1, -0.05) is 72.3 Å². The van der Waals surface area contributed by atoms with Crippen molar-refractivity contribution in [2.75, 3.05) is 4.90 Å². The molecule has 0 fully saturated rings. The van der Waals surface area contributed by atoms with E-state index in [4.69, 9.17) is 0 Å². The molecule has 5 aromatic rings. The van der Waals surface area contributed by atoms with Crippen LogP contribution in [0.5, 0.6) is 0 Å². The fourth-order valence-corrected chi connectivity index (χ4v) is 4.80. The number of benzene rings is 3. The van der Waals surface area contributed by atoms with Crippen molar-refractivity contribution in [3.63, 3.8) is 0 Å². The molecule has 37 heavy (non-hydrogen) atoms. The van der Waals surface area contributed by atoms with Crippen molar-refractivity contribution in [1.29, 1.82) is 0 Å². The first-order valence-electron chi connectivity index (χ1n) is 12.5. The number of hydrogen-bond acceptors (Lipinski definition) is 3. The number of aryl methyl sites for hydroxylation is 1. The van der Waals surface area contributed by atoms with Gasteiger partial charge in [0.1, 0.15) is 0 Å². The lowest BCUT2D eigenvalue weighted by atomic mass is 9.98. The summed E-state index contributed by atoms with van der Waals surface area (Å²) >= 11 is 0. The number of hydrogen-bond donors (Lipinski definition) is 0. The van der Waals surface area contributed by atoms with E-state index in [1.807, 2.05) is 30.7 Å². The highest BCUT2D eigenvalue weighted by Crippen LogP contribution is 2.38. The molecule has 178 valence electrons. The molecule has 0 N–H and O–H groups in total. The Balaban J connectivity index is 1.30. The second-order valence-corrected chi connectivity index (χ2v) is 9.31. The van der Waals surface area contributed by atoms with Crippen LogP contribution in [0, 0.1) is 6.92 Å². The fraction of sp³-hybridized carbons (Fsp3) is 0.0588. The molecule has 1 aliphatic carbocycles. The summed E-state index contributed by atoms with van der Waals surface area (Å²) in [6.45, 7) is 2.13. The Morgan fingerprint density at radius 1 is 0.541 bits per heavy atom. The van der Waals surface area contributed by atoms with Crippen molar-refractivity contribution >= 4 is 28.2 Å². The second kappa shape index (κ2) is 10.1. The van der Waals surface area contributed by atoms with Gasteiger partial charge >= 0.3 is 0 Å². The second-order valence-electron chi connectivity index (χ2n) is 9.31. The van der Waals surface area contributed by atoms with Crippen molar-refractivity contribution in [2.45, 2.75) is 13.3 Å². The summed E-state index contributed by atoms with van der Waals surface area (Å²) in [4.78, 5) is 10.9. The lowest BCUT2D eigenvalue weighted by molar-refractivity contribution is 1.23. The molecule has 0 bridgehead atoms. The standard InChI is InChI=1S/C34H27N3/c1-25-9-11-26(12-10-25)29-13-14-30(21-29)27-15-17-32(18-16-27)37(34-8-4-20-36-24-34)33-7-2-5-28(22-33)31-6-3-19-35-23-31/h2-20,22-24H,21H2,1H3. The van der Waals surface area contributed by atoms with Crippen LogP contribution >= 0.6 is 0 Å². The van der Waals surface area contributed by atoms with E-state index < -0.39 is 0 Å². The van der Waals surface area contributed by atoms with Gasteiger partial charge in [0.15, 0.2) is 0 Å². The van der Waals surface area contributed by atoms with Crippen molar-refractivity contribution in [3.05, 3.63) is 151 Å². The Hall–Kier alpha value is -4.76. The number of pyridine rings is 2. The molecule has 0 saturated carbocycles. The first kappa shape index (κ1) is 22.7. The summed E-state index contributed by atoms with van der Waals surface area (Å²) in [7, 11) is 0. The third-order valence-corrected chi connectivity index (χ3v) is 6.79. The third kappa shape index (κ3) is 4.85. The third-order valence-electron chi connectivity index (χ3n) is 6.79. The van der Waals surface area contributed by atoms with Gasteiger partial charge in [-0.3, -0.25) is 9.97 Å². The van der Waals surface area contributed by atoms with E-state index in [0.717, 1.165) is 34.6 Å². The normalized spacial score (nSPS) is 12.7. The van der Waals surface area contributed by atoms with Crippen LogP contribution in [-0.2, 0) is 0 Å². The molecule has 0 amide bonds. The predicted molar refractivity (Wildman–Crippen MR) is 154 cm³/mol. The van der Waals surface area contributed by atoms with Crippen molar-refractivity contribution < 1.29 is 0 Å². The number of anilines is 3. The highest BCUT2D eigenvalue weighted by molar-refractivity contribution is 5.87. The number of allylic oxidation sites excluding steroid dienone is 4. The van der Waals surface area contributed by atoms with Gasteiger partial charge in [0, 0.05) is 35.5 Å². The topological polar surface area (TPSA) is 29.0 Å². The minimum Gasteiger partial charge on any atom is -0.309 e. The zero-order valence-electron chi connectivity index (χ0n) is 20.8. The van der Waals surface area contributed by atoms with Crippen LogP contribution in [0.1, 0.15) is 23.1 Å². The fourth-order valence-electron chi connectivity index (χ4n) is 4.80. The highest BCUT2D eigenvalue weighted by Gasteiger charge is 2.16. The summed E-state index contributed by atoms with van der Waals surface area (Å²) < 4.78 is 0. The van der Waals surface area contributed by atoms with E-state index in [2.05, 4.69) is 119 Å². The molecule has 0 spiro atoms. The van der Waals surface area contributed by atoms with Gasteiger partial charge in [-0.2, -0.15) is 0 Å². The predicted octanol–water partition coefficient (Wildman–Crippen LogP) is 8.79. The first-order chi connectivity index (χ1) is 18.2. The number of aromatic nitrogens is 2. The van der Waals surface area contributed by atoms with E-state index in [9.17, 15) is 0 Å². The van der Waals surface area contributed by atoms with Crippen LogP contribution in [0.25, 0.3) is 22.3 Å². The van der Waals surface area contributed by atoms with Crippen LogP contribution in [-0.4, -0.2) is 9.97 Å². The average molecular weight is 478 g/mol. The maximum absolute atomic E-state index is 4.39. The molecule has 1 aliphatic rings. The zero-order valence-corrected chi connectivity index (χ0v) is 20.8. The minimum atomic E-state index is 0.946. The number of nitrogens with zero attached hydrogens (tertiary/aromatic N) is 3. The highest BCUT2D eigenvalue weighted by atomic mass is 15.1. The molecule has 0 unspecified atom stereocenters. The lowest BCUT2D eigenvalue weighted by Gasteiger charge is -2.26. The molecule has 0 aliphatic heterocycles. The first-order valence-corrected chi connectivity index (χ1v) is 12.5. The van der Waals surface area contributed by atoms with Crippen LogP contribution in [0.4, 0.5) is 17.1 Å². The quantitative estimate of drug-likeness (QED) is 0.245. The maximum Gasteiger partial charge on any atom is 0.0644 e. The van der Waals surface area contributed by atoms with Crippen LogP contribution < -0.4 is 4.90 Å². The Bertz CT molecular complexity index is 1570. The van der Waals surface area contributed by atoms with Gasteiger partial charge in [0.2, 0.25) is 0 Å². The molecule has 3 nitrogen and oxygen atoms in total. The van der Waals surface area contributed by atoms with E-state index in [-0.39, 0.29) is 0 Å². The van der Waals surface area contributed by atoms with Crippen molar-refractivity contribution in [2.24, 2.45) is 0 Å².